The Morgan fingerprint density at radius 3 is 2.50 bits per heavy atom. The molecule has 1 atom stereocenters. The molecule has 26 heavy (non-hydrogen) atoms. The minimum absolute atomic E-state index is 0.0632. The molecule has 1 aromatic rings. The van der Waals surface area contributed by atoms with Gasteiger partial charge < -0.3 is 9.88 Å². The molecule has 0 aromatic carbocycles. The van der Waals surface area contributed by atoms with Gasteiger partial charge in [-0.3, -0.25) is 14.5 Å². The van der Waals surface area contributed by atoms with Crippen molar-refractivity contribution in [2.45, 2.75) is 46.2 Å². The number of rotatable bonds is 7. The van der Waals surface area contributed by atoms with Crippen molar-refractivity contribution >= 4 is 21.5 Å². The van der Waals surface area contributed by atoms with Gasteiger partial charge in [-0.15, -0.1) is 0 Å². The number of nitrogens with zero attached hydrogens (tertiary/aromatic N) is 2. The number of likely N-dealkylation sites (N-methyl/N-ethyl adjacent to an activating group) is 1. The normalized spacial score (nSPS) is 19.3. The quantitative estimate of drug-likeness (QED) is 0.713. The highest BCUT2D eigenvalue weighted by Gasteiger charge is 2.31. The number of carbonyl (C=O) groups excluding carboxylic acids is 2. The highest BCUT2D eigenvalue weighted by Crippen LogP contribution is 2.29. The van der Waals surface area contributed by atoms with Gasteiger partial charge >= 0.3 is 0 Å². The molecule has 146 valence electrons. The van der Waals surface area contributed by atoms with Gasteiger partial charge in [-0.1, -0.05) is 0 Å². The standard InChI is InChI=1S/C18H29N3O4S/c1-12(2)19-18(23)10-20(5)9-17(22)16-8-13(3)21(14(16)4)15-6-7-26(24,25)11-15/h8,12,15H,6-7,9-11H2,1-5H3,(H,19,23)/t15-/m1/s1. The maximum atomic E-state index is 12.7. The van der Waals surface area contributed by atoms with E-state index in [1.54, 1.807) is 11.9 Å². The molecule has 1 aliphatic rings. The zero-order valence-corrected chi connectivity index (χ0v) is 17.0. The van der Waals surface area contributed by atoms with E-state index in [-0.39, 0.29) is 48.4 Å². The Balaban J connectivity index is 2.08. The lowest BCUT2D eigenvalue weighted by Gasteiger charge is -2.18. The molecule has 8 heteroatoms. The van der Waals surface area contributed by atoms with Crippen molar-refractivity contribution in [1.29, 1.82) is 0 Å². The minimum atomic E-state index is -2.99. The summed E-state index contributed by atoms with van der Waals surface area (Å²) in [6.07, 6.45) is 0.585. The van der Waals surface area contributed by atoms with Crippen molar-refractivity contribution in [3.63, 3.8) is 0 Å². The molecule has 0 aliphatic carbocycles. The van der Waals surface area contributed by atoms with Crippen molar-refractivity contribution in [3.8, 4) is 0 Å². The maximum absolute atomic E-state index is 12.7. The first-order valence-electron chi connectivity index (χ1n) is 8.90. The zero-order valence-electron chi connectivity index (χ0n) is 16.2. The van der Waals surface area contributed by atoms with Crippen LogP contribution in [0, 0.1) is 13.8 Å². The van der Waals surface area contributed by atoms with Crippen molar-refractivity contribution in [1.82, 2.24) is 14.8 Å². The molecule has 0 bridgehead atoms. The number of amides is 1. The summed E-state index contributed by atoms with van der Waals surface area (Å²) in [4.78, 5) is 26.2. The first kappa shape index (κ1) is 20.6. The Bertz CT molecular complexity index is 796. The van der Waals surface area contributed by atoms with E-state index in [2.05, 4.69) is 5.32 Å². The third-order valence-electron chi connectivity index (χ3n) is 4.64. The number of hydrogen-bond donors (Lipinski definition) is 1. The lowest BCUT2D eigenvalue weighted by molar-refractivity contribution is -0.122. The molecule has 0 spiro atoms. The predicted molar refractivity (Wildman–Crippen MR) is 101 cm³/mol. The van der Waals surface area contributed by atoms with Crippen LogP contribution in [0.15, 0.2) is 6.07 Å². The molecule has 0 radical (unpaired) electrons. The number of Topliss-reactive ketones (excluding diaryl/α,β-unsaturated/α-hetero) is 1. The van der Waals surface area contributed by atoms with Gasteiger partial charge in [-0.05, 0) is 47.2 Å². The van der Waals surface area contributed by atoms with Crippen LogP contribution in [-0.2, 0) is 14.6 Å². The number of nitrogens with one attached hydrogen (secondary N) is 1. The average molecular weight is 384 g/mol. The van der Waals surface area contributed by atoms with Crippen LogP contribution in [0.4, 0.5) is 0 Å². The molecule has 1 saturated heterocycles. The number of hydrogen-bond acceptors (Lipinski definition) is 5. The van der Waals surface area contributed by atoms with Crippen LogP contribution in [0.3, 0.4) is 0 Å². The average Bonchev–Trinajstić information content (AvgIpc) is 2.96. The number of carbonyl (C=O) groups is 2. The molecular weight excluding hydrogens is 354 g/mol. The Hall–Kier alpha value is -1.67. The van der Waals surface area contributed by atoms with Crippen LogP contribution < -0.4 is 5.32 Å². The predicted octanol–water partition coefficient (Wildman–Crippen LogP) is 1.10. The van der Waals surface area contributed by atoms with Crippen LogP contribution in [0.5, 0.6) is 0 Å². The summed E-state index contributed by atoms with van der Waals surface area (Å²) >= 11 is 0. The molecular formula is C18H29N3O4S. The Kier molecular flexibility index (Phi) is 6.29. The van der Waals surface area contributed by atoms with E-state index in [4.69, 9.17) is 0 Å². The van der Waals surface area contributed by atoms with E-state index < -0.39 is 9.84 Å². The Labute approximate surface area is 155 Å². The van der Waals surface area contributed by atoms with Crippen LogP contribution in [-0.4, -0.2) is 67.3 Å². The molecule has 1 aromatic heterocycles. The summed E-state index contributed by atoms with van der Waals surface area (Å²) in [6, 6.07) is 1.79. The second-order valence-corrected chi connectivity index (χ2v) is 9.76. The van der Waals surface area contributed by atoms with Crippen LogP contribution in [0.2, 0.25) is 0 Å². The maximum Gasteiger partial charge on any atom is 0.234 e. The zero-order chi connectivity index (χ0) is 19.6. The molecule has 0 saturated carbocycles. The van der Waals surface area contributed by atoms with Gasteiger partial charge in [-0.2, -0.15) is 0 Å². The molecule has 2 rings (SSSR count). The monoisotopic (exact) mass is 383 g/mol. The fourth-order valence-corrected chi connectivity index (χ4v) is 5.30. The molecule has 1 N–H and O–H groups in total. The third kappa shape index (κ3) is 4.94. The van der Waals surface area contributed by atoms with Gasteiger partial charge in [0.15, 0.2) is 15.6 Å². The van der Waals surface area contributed by atoms with Crippen LogP contribution in [0.1, 0.15) is 48.1 Å². The van der Waals surface area contributed by atoms with Crippen molar-refractivity contribution in [2.75, 3.05) is 31.6 Å². The molecule has 1 amide bonds. The van der Waals surface area contributed by atoms with E-state index in [0.29, 0.717) is 12.0 Å². The van der Waals surface area contributed by atoms with Gasteiger partial charge in [0.1, 0.15) is 0 Å². The van der Waals surface area contributed by atoms with Gasteiger partial charge in [0, 0.05) is 29.0 Å². The van der Waals surface area contributed by atoms with Crippen molar-refractivity contribution in [3.05, 3.63) is 23.0 Å². The second kappa shape index (κ2) is 7.92. The van der Waals surface area contributed by atoms with Gasteiger partial charge in [-0.25, -0.2) is 8.42 Å². The summed E-state index contributed by atoms with van der Waals surface area (Å²) in [5.41, 5.74) is 2.30. The largest absolute Gasteiger partial charge is 0.353 e. The van der Waals surface area contributed by atoms with Gasteiger partial charge in [0.05, 0.1) is 24.6 Å². The molecule has 2 heterocycles. The molecule has 7 nitrogen and oxygen atoms in total. The number of aromatic nitrogens is 1. The van der Waals surface area contributed by atoms with Gasteiger partial charge in [0.2, 0.25) is 5.91 Å². The summed E-state index contributed by atoms with van der Waals surface area (Å²) < 4.78 is 25.5. The first-order valence-corrected chi connectivity index (χ1v) is 10.7. The highest BCUT2D eigenvalue weighted by atomic mass is 32.2. The third-order valence-corrected chi connectivity index (χ3v) is 6.39. The Morgan fingerprint density at radius 1 is 1.31 bits per heavy atom. The number of aryl methyl sites for hydroxylation is 1. The van der Waals surface area contributed by atoms with E-state index >= 15 is 0 Å². The first-order chi connectivity index (χ1) is 12.0. The molecule has 1 fully saturated rings. The fraction of sp³-hybridized carbons (Fsp3) is 0.667. The summed E-state index contributed by atoms with van der Waals surface area (Å²) in [5, 5.41) is 2.80. The van der Waals surface area contributed by atoms with Crippen molar-refractivity contribution in [2.24, 2.45) is 0 Å². The molecule has 0 unspecified atom stereocenters. The van der Waals surface area contributed by atoms with E-state index in [1.165, 1.54) is 0 Å². The van der Waals surface area contributed by atoms with Crippen LogP contribution in [0.25, 0.3) is 0 Å². The van der Waals surface area contributed by atoms with Crippen LogP contribution >= 0.6 is 0 Å². The van der Waals surface area contributed by atoms with Gasteiger partial charge in [0.25, 0.3) is 0 Å². The topological polar surface area (TPSA) is 88.5 Å². The SMILES string of the molecule is Cc1cc(C(=O)CN(C)CC(=O)NC(C)C)c(C)n1[C@@H]1CCS(=O)(=O)C1. The van der Waals surface area contributed by atoms with E-state index in [1.807, 2.05) is 38.3 Å². The molecule has 1 aliphatic heterocycles. The summed E-state index contributed by atoms with van der Waals surface area (Å²) in [6.45, 7) is 7.83. The highest BCUT2D eigenvalue weighted by molar-refractivity contribution is 7.91. The lowest BCUT2D eigenvalue weighted by Crippen LogP contribution is -2.40. The number of sulfone groups is 1. The fourth-order valence-electron chi connectivity index (χ4n) is 3.60. The minimum Gasteiger partial charge on any atom is -0.353 e. The van der Waals surface area contributed by atoms with E-state index in [9.17, 15) is 18.0 Å². The second-order valence-electron chi connectivity index (χ2n) is 7.53. The summed E-state index contributed by atoms with van der Waals surface area (Å²) in [7, 11) is -1.25. The summed E-state index contributed by atoms with van der Waals surface area (Å²) in [5.74, 6) is 0.153. The Morgan fingerprint density at radius 2 is 1.96 bits per heavy atom. The smallest absolute Gasteiger partial charge is 0.234 e. The van der Waals surface area contributed by atoms with Crippen molar-refractivity contribution < 1.29 is 18.0 Å². The lowest BCUT2D eigenvalue weighted by atomic mass is 10.1. The van der Waals surface area contributed by atoms with E-state index in [0.717, 1.165) is 11.4 Å². The number of ketones is 1.